The van der Waals surface area contributed by atoms with Crippen molar-refractivity contribution in [2.24, 2.45) is 5.92 Å². The number of carboxylic acid groups (broad SMARTS) is 1. The molecule has 1 saturated carbocycles. The van der Waals surface area contributed by atoms with Crippen molar-refractivity contribution >= 4 is 11.9 Å². The first-order valence-electron chi connectivity index (χ1n) is 7.00. The van der Waals surface area contributed by atoms with E-state index in [1.807, 2.05) is 4.90 Å². The van der Waals surface area contributed by atoms with Crippen molar-refractivity contribution in [1.29, 1.82) is 0 Å². The van der Waals surface area contributed by atoms with Crippen LogP contribution in [0.2, 0.25) is 0 Å². The van der Waals surface area contributed by atoms with Gasteiger partial charge >= 0.3 is 5.97 Å². The molecule has 0 aliphatic heterocycles. The number of amides is 1. The molecule has 1 aliphatic carbocycles. The fraction of sp³-hybridized carbons (Fsp3) is 0.643. The van der Waals surface area contributed by atoms with Gasteiger partial charge in [0.15, 0.2) is 5.69 Å². The Balaban J connectivity index is 2.17. The molecule has 1 heterocycles. The normalized spacial score (nSPS) is 15.8. The summed E-state index contributed by atoms with van der Waals surface area (Å²) in [5, 5.41) is 12.4. The van der Waals surface area contributed by atoms with Crippen LogP contribution in [0.3, 0.4) is 0 Å². The number of nitrogens with zero attached hydrogens (tertiary/aromatic N) is 2. The SMILES string of the molecule is CC(C)CN(C(=O)c1cc(C(=O)O)on1)C1CCCC1. The van der Waals surface area contributed by atoms with Crippen molar-refractivity contribution in [3.63, 3.8) is 0 Å². The van der Waals surface area contributed by atoms with Gasteiger partial charge in [-0.3, -0.25) is 4.79 Å². The average molecular weight is 280 g/mol. The molecule has 1 aliphatic rings. The highest BCUT2D eigenvalue weighted by atomic mass is 16.5. The van der Waals surface area contributed by atoms with Crippen LogP contribution in [0, 0.1) is 5.92 Å². The summed E-state index contributed by atoms with van der Waals surface area (Å²) >= 11 is 0. The zero-order chi connectivity index (χ0) is 14.7. The number of carbonyl (C=O) groups is 2. The first-order chi connectivity index (χ1) is 9.49. The summed E-state index contributed by atoms with van der Waals surface area (Å²) in [4.78, 5) is 25.1. The minimum atomic E-state index is -1.21. The number of aromatic carboxylic acids is 1. The van der Waals surface area contributed by atoms with Crippen LogP contribution in [-0.2, 0) is 0 Å². The lowest BCUT2D eigenvalue weighted by Gasteiger charge is -2.29. The lowest BCUT2D eigenvalue weighted by molar-refractivity contribution is 0.0629. The molecule has 0 spiro atoms. The van der Waals surface area contributed by atoms with Gasteiger partial charge in [0.05, 0.1) is 0 Å². The Morgan fingerprint density at radius 2 is 2.10 bits per heavy atom. The minimum Gasteiger partial charge on any atom is -0.475 e. The number of carbonyl (C=O) groups excluding carboxylic acids is 1. The molecule has 0 bridgehead atoms. The van der Waals surface area contributed by atoms with E-state index in [0.29, 0.717) is 12.5 Å². The predicted molar refractivity (Wildman–Crippen MR) is 71.6 cm³/mol. The first kappa shape index (κ1) is 14.6. The molecule has 6 heteroatoms. The second-order valence-corrected chi connectivity index (χ2v) is 5.67. The summed E-state index contributed by atoms with van der Waals surface area (Å²) < 4.78 is 4.67. The van der Waals surface area contributed by atoms with Crippen LogP contribution in [0.25, 0.3) is 0 Å². The number of hydrogen-bond acceptors (Lipinski definition) is 4. The largest absolute Gasteiger partial charge is 0.475 e. The lowest BCUT2D eigenvalue weighted by atomic mass is 10.1. The number of rotatable bonds is 5. The zero-order valence-electron chi connectivity index (χ0n) is 11.8. The van der Waals surface area contributed by atoms with Crippen molar-refractivity contribution in [3.05, 3.63) is 17.5 Å². The third kappa shape index (κ3) is 3.18. The molecule has 1 fully saturated rings. The van der Waals surface area contributed by atoms with Gasteiger partial charge in [-0.15, -0.1) is 0 Å². The van der Waals surface area contributed by atoms with Crippen molar-refractivity contribution in [3.8, 4) is 0 Å². The molecule has 6 nitrogen and oxygen atoms in total. The summed E-state index contributed by atoms with van der Waals surface area (Å²) in [5.41, 5.74) is 0.0787. The topological polar surface area (TPSA) is 83.6 Å². The molecular formula is C14H20N2O4. The molecule has 1 aromatic heterocycles. The van der Waals surface area contributed by atoms with Gasteiger partial charge in [0.2, 0.25) is 5.76 Å². The van der Waals surface area contributed by atoms with E-state index in [1.54, 1.807) is 0 Å². The maximum Gasteiger partial charge on any atom is 0.374 e. The number of aromatic nitrogens is 1. The smallest absolute Gasteiger partial charge is 0.374 e. The molecule has 1 amide bonds. The maximum atomic E-state index is 12.5. The van der Waals surface area contributed by atoms with Crippen molar-refractivity contribution < 1.29 is 19.2 Å². The Morgan fingerprint density at radius 1 is 1.45 bits per heavy atom. The van der Waals surface area contributed by atoms with Crippen LogP contribution in [0.4, 0.5) is 0 Å². The van der Waals surface area contributed by atoms with E-state index in [9.17, 15) is 9.59 Å². The third-order valence-corrected chi connectivity index (χ3v) is 3.53. The highest BCUT2D eigenvalue weighted by Gasteiger charge is 2.30. The molecule has 1 N–H and O–H groups in total. The van der Waals surface area contributed by atoms with Crippen LogP contribution < -0.4 is 0 Å². The van der Waals surface area contributed by atoms with Gasteiger partial charge in [-0.25, -0.2) is 4.79 Å². The van der Waals surface area contributed by atoms with E-state index < -0.39 is 5.97 Å². The van der Waals surface area contributed by atoms with Gasteiger partial charge in [-0.05, 0) is 18.8 Å². The molecule has 110 valence electrons. The van der Waals surface area contributed by atoms with Crippen molar-refractivity contribution in [2.75, 3.05) is 6.54 Å². The molecule has 0 unspecified atom stereocenters. The van der Waals surface area contributed by atoms with E-state index in [4.69, 9.17) is 5.11 Å². The molecule has 0 radical (unpaired) electrons. The highest BCUT2D eigenvalue weighted by molar-refractivity contribution is 5.95. The number of carboxylic acids is 1. The summed E-state index contributed by atoms with van der Waals surface area (Å²) in [6.45, 7) is 4.76. The van der Waals surface area contributed by atoms with E-state index >= 15 is 0 Å². The van der Waals surface area contributed by atoms with Gasteiger partial charge < -0.3 is 14.5 Å². The summed E-state index contributed by atoms with van der Waals surface area (Å²) in [5.74, 6) is -1.40. The Morgan fingerprint density at radius 3 is 2.60 bits per heavy atom. The maximum absolute atomic E-state index is 12.5. The van der Waals surface area contributed by atoms with Gasteiger partial charge in [0, 0.05) is 18.7 Å². The summed E-state index contributed by atoms with van der Waals surface area (Å²) in [7, 11) is 0. The standard InChI is InChI=1S/C14H20N2O4/c1-9(2)8-16(10-5-3-4-6-10)13(17)11-7-12(14(18)19)20-15-11/h7,9-10H,3-6,8H2,1-2H3,(H,18,19). The van der Waals surface area contributed by atoms with Crippen LogP contribution in [0.15, 0.2) is 10.6 Å². The molecule has 0 aromatic carbocycles. The zero-order valence-corrected chi connectivity index (χ0v) is 11.8. The molecule has 2 rings (SSSR count). The Labute approximate surface area is 117 Å². The quantitative estimate of drug-likeness (QED) is 0.895. The van der Waals surface area contributed by atoms with E-state index in [1.165, 1.54) is 6.07 Å². The van der Waals surface area contributed by atoms with Crippen LogP contribution in [-0.4, -0.2) is 39.6 Å². The molecule has 20 heavy (non-hydrogen) atoms. The minimum absolute atomic E-state index is 0.0787. The fourth-order valence-corrected chi connectivity index (χ4v) is 2.63. The number of hydrogen-bond donors (Lipinski definition) is 1. The molecule has 0 saturated heterocycles. The van der Waals surface area contributed by atoms with Gasteiger partial charge in [0.25, 0.3) is 5.91 Å². The average Bonchev–Trinajstić information content (AvgIpc) is 3.05. The highest BCUT2D eigenvalue weighted by Crippen LogP contribution is 2.25. The monoisotopic (exact) mass is 280 g/mol. The Kier molecular flexibility index (Phi) is 4.42. The van der Waals surface area contributed by atoms with Gasteiger partial charge in [0.1, 0.15) is 0 Å². The van der Waals surface area contributed by atoms with E-state index in [-0.39, 0.29) is 23.4 Å². The van der Waals surface area contributed by atoms with E-state index in [0.717, 1.165) is 25.7 Å². The van der Waals surface area contributed by atoms with Crippen molar-refractivity contribution in [2.45, 2.75) is 45.6 Å². The fourth-order valence-electron chi connectivity index (χ4n) is 2.63. The van der Waals surface area contributed by atoms with Gasteiger partial charge in [-0.2, -0.15) is 0 Å². The summed E-state index contributed by atoms with van der Waals surface area (Å²) in [6, 6.07) is 1.43. The molecule has 0 atom stereocenters. The van der Waals surface area contributed by atoms with Gasteiger partial charge in [-0.1, -0.05) is 31.8 Å². The van der Waals surface area contributed by atoms with Crippen LogP contribution in [0.1, 0.15) is 60.6 Å². The molecule has 1 aromatic rings. The Bertz CT molecular complexity index is 489. The third-order valence-electron chi connectivity index (χ3n) is 3.53. The van der Waals surface area contributed by atoms with E-state index in [2.05, 4.69) is 23.5 Å². The first-order valence-corrected chi connectivity index (χ1v) is 7.00. The van der Waals surface area contributed by atoms with Crippen LogP contribution >= 0.6 is 0 Å². The van der Waals surface area contributed by atoms with Crippen LogP contribution in [0.5, 0.6) is 0 Å². The predicted octanol–water partition coefficient (Wildman–Crippen LogP) is 2.41. The lowest BCUT2D eigenvalue weighted by Crippen LogP contribution is -2.41. The second kappa shape index (κ2) is 6.07. The second-order valence-electron chi connectivity index (χ2n) is 5.67. The summed E-state index contributed by atoms with van der Waals surface area (Å²) in [6.07, 6.45) is 4.27. The molecular weight excluding hydrogens is 260 g/mol. The Hall–Kier alpha value is -1.85. The van der Waals surface area contributed by atoms with Crippen molar-refractivity contribution in [1.82, 2.24) is 10.1 Å².